The number of nitro benzene ring substituents is 1. The zero-order valence-corrected chi connectivity index (χ0v) is 12.6. The van der Waals surface area contributed by atoms with Gasteiger partial charge in [0.2, 0.25) is 10.0 Å². The molecule has 2 atom stereocenters. The van der Waals surface area contributed by atoms with Gasteiger partial charge in [0.1, 0.15) is 0 Å². The fourth-order valence-electron chi connectivity index (χ4n) is 2.54. The van der Waals surface area contributed by atoms with E-state index in [0.29, 0.717) is 18.3 Å². The van der Waals surface area contributed by atoms with E-state index in [2.05, 4.69) is 17.0 Å². The van der Waals surface area contributed by atoms with Gasteiger partial charge in [-0.05, 0) is 37.4 Å². The van der Waals surface area contributed by atoms with Gasteiger partial charge in [-0.2, -0.15) is 0 Å². The van der Waals surface area contributed by atoms with Gasteiger partial charge in [-0.25, -0.2) is 13.1 Å². The Morgan fingerprint density at radius 2 is 2.10 bits per heavy atom. The fraction of sp³-hybridized carbons (Fsp3) is 0.538. The summed E-state index contributed by atoms with van der Waals surface area (Å²) in [7, 11) is -3.86. The van der Waals surface area contributed by atoms with Crippen molar-refractivity contribution in [3.8, 4) is 0 Å². The SMILES string of the molecule is C[C@@H]1CNC[C@H]1CCNS(=O)(=O)c1ccccc1[N+](=O)[O-]. The van der Waals surface area contributed by atoms with E-state index in [9.17, 15) is 18.5 Å². The lowest BCUT2D eigenvalue weighted by atomic mass is 9.95. The van der Waals surface area contributed by atoms with Gasteiger partial charge < -0.3 is 5.32 Å². The lowest BCUT2D eigenvalue weighted by molar-refractivity contribution is -0.387. The second-order valence-electron chi connectivity index (χ2n) is 5.31. The summed E-state index contributed by atoms with van der Waals surface area (Å²) >= 11 is 0. The molecule has 2 rings (SSSR count). The van der Waals surface area contributed by atoms with Crippen molar-refractivity contribution in [1.29, 1.82) is 0 Å². The van der Waals surface area contributed by atoms with E-state index >= 15 is 0 Å². The third kappa shape index (κ3) is 3.78. The monoisotopic (exact) mass is 313 g/mol. The van der Waals surface area contributed by atoms with E-state index in [0.717, 1.165) is 13.1 Å². The van der Waals surface area contributed by atoms with Crippen molar-refractivity contribution in [2.24, 2.45) is 11.8 Å². The van der Waals surface area contributed by atoms with Gasteiger partial charge in [0.25, 0.3) is 5.69 Å². The minimum atomic E-state index is -3.86. The summed E-state index contributed by atoms with van der Waals surface area (Å²) in [6.45, 7) is 4.24. The van der Waals surface area contributed by atoms with Crippen molar-refractivity contribution < 1.29 is 13.3 Å². The van der Waals surface area contributed by atoms with Gasteiger partial charge in [-0.15, -0.1) is 0 Å². The number of nitro groups is 1. The summed E-state index contributed by atoms with van der Waals surface area (Å²) < 4.78 is 26.8. The van der Waals surface area contributed by atoms with Crippen LogP contribution in [-0.2, 0) is 10.0 Å². The van der Waals surface area contributed by atoms with Crippen LogP contribution in [0.3, 0.4) is 0 Å². The lowest BCUT2D eigenvalue weighted by Crippen LogP contribution is -2.28. The van der Waals surface area contributed by atoms with Gasteiger partial charge >= 0.3 is 0 Å². The first-order valence-electron chi connectivity index (χ1n) is 6.85. The average molecular weight is 313 g/mol. The molecule has 1 aromatic carbocycles. The topological polar surface area (TPSA) is 101 Å². The van der Waals surface area contributed by atoms with E-state index in [-0.39, 0.29) is 11.4 Å². The minimum Gasteiger partial charge on any atom is -0.316 e. The van der Waals surface area contributed by atoms with Crippen LogP contribution in [-0.4, -0.2) is 33.0 Å². The summed E-state index contributed by atoms with van der Waals surface area (Å²) in [5, 5.41) is 14.2. The molecule has 8 heteroatoms. The van der Waals surface area contributed by atoms with Crippen LogP contribution < -0.4 is 10.0 Å². The van der Waals surface area contributed by atoms with Crippen LogP contribution in [0.15, 0.2) is 29.2 Å². The van der Waals surface area contributed by atoms with Gasteiger partial charge in [-0.1, -0.05) is 19.1 Å². The third-order valence-corrected chi connectivity index (χ3v) is 5.34. The second-order valence-corrected chi connectivity index (χ2v) is 7.04. The number of rotatable bonds is 6. The molecule has 21 heavy (non-hydrogen) atoms. The number of nitrogens with zero attached hydrogens (tertiary/aromatic N) is 1. The number of para-hydroxylation sites is 1. The Balaban J connectivity index is 2.03. The Morgan fingerprint density at radius 3 is 2.71 bits per heavy atom. The number of nitrogens with one attached hydrogen (secondary N) is 2. The highest BCUT2D eigenvalue weighted by Gasteiger charge is 2.26. The highest BCUT2D eigenvalue weighted by Crippen LogP contribution is 2.23. The molecule has 0 spiro atoms. The Kier molecular flexibility index (Phi) is 4.92. The molecule has 1 aromatic rings. The molecule has 1 fully saturated rings. The highest BCUT2D eigenvalue weighted by molar-refractivity contribution is 7.89. The molecule has 7 nitrogen and oxygen atoms in total. The second kappa shape index (κ2) is 6.50. The minimum absolute atomic E-state index is 0.283. The van der Waals surface area contributed by atoms with Crippen LogP contribution in [0, 0.1) is 22.0 Å². The zero-order valence-electron chi connectivity index (χ0n) is 11.8. The molecule has 0 aromatic heterocycles. The smallest absolute Gasteiger partial charge is 0.289 e. The van der Waals surface area contributed by atoms with E-state index in [4.69, 9.17) is 0 Å². The number of hydrogen-bond acceptors (Lipinski definition) is 5. The maximum Gasteiger partial charge on any atom is 0.289 e. The Labute approximate surface area is 123 Å². The molecular formula is C13H19N3O4S. The maximum absolute atomic E-state index is 12.2. The predicted molar refractivity (Wildman–Crippen MR) is 78.4 cm³/mol. The van der Waals surface area contributed by atoms with E-state index in [1.807, 2.05) is 0 Å². The first-order chi connectivity index (χ1) is 9.92. The maximum atomic E-state index is 12.2. The van der Waals surface area contributed by atoms with Gasteiger partial charge in [0.15, 0.2) is 4.90 Å². The van der Waals surface area contributed by atoms with Gasteiger partial charge in [-0.3, -0.25) is 10.1 Å². The highest BCUT2D eigenvalue weighted by atomic mass is 32.2. The predicted octanol–water partition coefficient (Wildman–Crippen LogP) is 1.12. The molecule has 1 aliphatic heterocycles. The summed E-state index contributed by atoms with van der Waals surface area (Å²) in [6.07, 6.45) is 0.716. The van der Waals surface area contributed by atoms with Crippen LogP contribution in [0.25, 0.3) is 0 Å². The molecule has 1 aliphatic rings. The van der Waals surface area contributed by atoms with Crippen molar-refractivity contribution in [1.82, 2.24) is 10.0 Å². The van der Waals surface area contributed by atoms with Crippen molar-refractivity contribution >= 4 is 15.7 Å². The van der Waals surface area contributed by atoms with E-state index in [1.165, 1.54) is 24.3 Å². The van der Waals surface area contributed by atoms with Crippen molar-refractivity contribution in [2.45, 2.75) is 18.2 Å². The number of benzene rings is 1. The normalized spacial score (nSPS) is 22.3. The molecule has 0 bridgehead atoms. The van der Waals surface area contributed by atoms with E-state index < -0.39 is 20.6 Å². The van der Waals surface area contributed by atoms with E-state index in [1.54, 1.807) is 0 Å². The molecular weight excluding hydrogens is 294 g/mol. The summed E-state index contributed by atoms with van der Waals surface area (Å²) in [6, 6.07) is 5.37. The summed E-state index contributed by atoms with van der Waals surface area (Å²) in [4.78, 5) is 9.93. The first-order valence-corrected chi connectivity index (χ1v) is 8.34. The van der Waals surface area contributed by atoms with Crippen LogP contribution >= 0.6 is 0 Å². The third-order valence-electron chi connectivity index (χ3n) is 3.84. The number of sulfonamides is 1. The van der Waals surface area contributed by atoms with Crippen molar-refractivity contribution in [3.63, 3.8) is 0 Å². The molecule has 0 radical (unpaired) electrons. The van der Waals surface area contributed by atoms with Crippen LogP contribution in [0.1, 0.15) is 13.3 Å². The zero-order chi connectivity index (χ0) is 15.5. The van der Waals surface area contributed by atoms with Crippen LogP contribution in [0.5, 0.6) is 0 Å². The van der Waals surface area contributed by atoms with Gasteiger partial charge in [0.05, 0.1) is 4.92 Å². The first kappa shape index (κ1) is 15.9. The van der Waals surface area contributed by atoms with Crippen molar-refractivity contribution in [2.75, 3.05) is 19.6 Å². The molecule has 0 amide bonds. The largest absolute Gasteiger partial charge is 0.316 e. The summed E-state index contributed by atoms with van der Waals surface area (Å²) in [5.41, 5.74) is -0.402. The molecule has 0 unspecified atom stereocenters. The summed E-state index contributed by atoms with van der Waals surface area (Å²) in [5.74, 6) is 0.944. The molecule has 2 N–H and O–H groups in total. The van der Waals surface area contributed by atoms with Crippen LogP contribution in [0.4, 0.5) is 5.69 Å². The van der Waals surface area contributed by atoms with Crippen LogP contribution in [0.2, 0.25) is 0 Å². The quantitative estimate of drug-likeness (QED) is 0.605. The molecule has 0 saturated carbocycles. The van der Waals surface area contributed by atoms with Crippen molar-refractivity contribution in [3.05, 3.63) is 34.4 Å². The molecule has 1 saturated heterocycles. The number of hydrogen-bond donors (Lipinski definition) is 2. The molecule has 1 heterocycles. The molecule has 116 valence electrons. The standard InChI is InChI=1S/C13H19N3O4S/c1-10-8-14-9-11(10)6-7-15-21(19,20)13-5-3-2-4-12(13)16(17)18/h2-5,10-11,14-15H,6-9H2,1H3/t10-,11-/m1/s1. The van der Waals surface area contributed by atoms with Gasteiger partial charge in [0, 0.05) is 12.6 Å². The average Bonchev–Trinajstić information content (AvgIpc) is 2.84. The fourth-order valence-corrected chi connectivity index (χ4v) is 3.76. The Bertz CT molecular complexity index is 618. The lowest BCUT2D eigenvalue weighted by Gasteiger charge is -2.14. The Hall–Kier alpha value is -1.51. The molecule has 0 aliphatic carbocycles. The Morgan fingerprint density at radius 1 is 1.38 bits per heavy atom.